The van der Waals surface area contributed by atoms with Gasteiger partial charge in [0, 0.05) is 23.5 Å². The minimum Gasteiger partial charge on any atom is -0.315 e. The van der Waals surface area contributed by atoms with E-state index in [1.165, 1.54) is 11.3 Å². The Hall–Kier alpha value is -0.380. The third kappa shape index (κ3) is 2.30. The molecule has 0 aromatic carbocycles. The molecule has 1 unspecified atom stereocenters. The predicted octanol–water partition coefficient (Wildman–Crippen LogP) is 1.76. The summed E-state index contributed by atoms with van der Waals surface area (Å²) in [6.45, 7) is 4.52. The Bertz CT molecular complexity index is 239. The lowest BCUT2D eigenvalue weighted by molar-refractivity contribution is 0.483. The highest BCUT2D eigenvalue weighted by atomic mass is 32.1. The zero-order valence-electron chi connectivity index (χ0n) is 7.92. The molecule has 1 aromatic rings. The van der Waals surface area contributed by atoms with Crippen molar-refractivity contribution in [1.29, 1.82) is 0 Å². The van der Waals surface area contributed by atoms with Crippen LogP contribution < -0.4 is 10.6 Å². The van der Waals surface area contributed by atoms with Gasteiger partial charge in [-0.05, 0) is 31.3 Å². The van der Waals surface area contributed by atoms with E-state index in [1.807, 2.05) is 11.3 Å². The number of nitrogens with one attached hydrogen (secondary N) is 2. The largest absolute Gasteiger partial charge is 0.315 e. The van der Waals surface area contributed by atoms with Gasteiger partial charge < -0.3 is 10.6 Å². The van der Waals surface area contributed by atoms with E-state index in [4.69, 9.17) is 0 Å². The highest BCUT2D eigenvalue weighted by Crippen LogP contribution is 2.19. The Labute approximate surface area is 83.4 Å². The van der Waals surface area contributed by atoms with Crippen LogP contribution in [0.5, 0.6) is 0 Å². The monoisotopic (exact) mass is 196 g/mol. The van der Waals surface area contributed by atoms with Gasteiger partial charge in [-0.2, -0.15) is 0 Å². The Morgan fingerprint density at radius 1 is 1.69 bits per heavy atom. The van der Waals surface area contributed by atoms with E-state index in [9.17, 15) is 0 Å². The number of rotatable bonds is 3. The third-order valence-electron chi connectivity index (χ3n) is 2.52. The van der Waals surface area contributed by atoms with Gasteiger partial charge in [0.2, 0.25) is 0 Å². The van der Waals surface area contributed by atoms with Crippen LogP contribution in [0.2, 0.25) is 0 Å². The zero-order chi connectivity index (χ0) is 9.10. The van der Waals surface area contributed by atoms with Gasteiger partial charge in [-0.15, -0.1) is 11.3 Å². The standard InChI is InChI=1S/C10H16N2S/c1-8(10-3-2-6-13-10)12-9-4-5-11-7-9/h2-3,6,8-9,11-12H,4-5,7H2,1H3/t8-,9?/m0/s1. The molecule has 0 bridgehead atoms. The van der Waals surface area contributed by atoms with Gasteiger partial charge in [0.05, 0.1) is 0 Å². The van der Waals surface area contributed by atoms with Gasteiger partial charge >= 0.3 is 0 Å². The van der Waals surface area contributed by atoms with Crippen molar-refractivity contribution in [1.82, 2.24) is 10.6 Å². The fourth-order valence-electron chi connectivity index (χ4n) is 1.77. The highest BCUT2D eigenvalue weighted by Gasteiger charge is 2.17. The summed E-state index contributed by atoms with van der Waals surface area (Å²) < 4.78 is 0. The molecule has 2 atom stereocenters. The van der Waals surface area contributed by atoms with Gasteiger partial charge in [-0.25, -0.2) is 0 Å². The minimum atomic E-state index is 0.505. The van der Waals surface area contributed by atoms with Crippen molar-refractivity contribution in [3.8, 4) is 0 Å². The molecule has 0 amide bonds. The van der Waals surface area contributed by atoms with Gasteiger partial charge in [-0.3, -0.25) is 0 Å². The molecule has 1 aromatic heterocycles. The summed E-state index contributed by atoms with van der Waals surface area (Å²) in [5, 5.41) is 9.13. The molecule has 1 saturated heterocycles. The first-order valence-electron chi connectivity index (χ1n) is 4.86. The topological polar surface area (TPSA) is 24.1 Å². The minimum absolute atomic E-state index is 0.505. The van der Waals surface area contributed by atoms with Gasteiger partial charge in [0.1, 0.15) is 0 Å². The van der Waals surface area contributed by atoms with Crippen molar-refractivity contribution in [3.63, 3.8) is 0 Å². The molecule has 0 saturated carbocycles. The molecule has 13 heavy (non-hydrogen) atoms. The number of thiophene rings is 1. The van der Waals surface area contributed by atoms with Crippen molar-refractivity contribution >= 4 is 11.3 Å². The van der Waals surface area contributed by atoms with Crippen LogP contribution in [0, 0.1) is 0 Å². The Kier molecular flexibility index (Phi) is 2.98. The third-order valence-corrected chi connectivity index (χ3v) is 3.57. The summed E-state index contributed by atoms with van der Waals surface area (Å²) >= 11 is 1.83. The molecule has 1 fully saturated rings. The van der Waals surface area contributed by atoms with Gasteiger partial charge in [0.15, 0.2) is 0 Å². The molecule has 0 aliphatic carbocycles. The normalized spacial score (nSPS) is 24.8. The lowest BCUT2D eigenvalue weighted by Gasteiger charge is -2.17. The van der Waals surface area contributed by atoms with Crippen molar-refractivity contribution in [2.45, 2.75) is 25.4 Å². The molecule has 2 nitrogen and oxygen atoms in total. The fraction of sp³-hybridized carbons (Fsp3) is 0.600. The first-order valence-corrected chi connectivity index (χ1v) is 5.74. The van der Waals surface area contributed by atoms with Crippen LogP contribution in [-0.4, -0.2) is 19.1 Å². The highest BCUT2D eigenvalue weighted by molar-refractivity contribution is 7.10. The van der Waals surface area contributed by atoms with Gasteiger partial charge in [-0.1, -0.05) is 6.07 Å². The van der Waals surface area contributed by atoms with Gasteiger partial charge in [0.25, 0.3) is 0 Å². The average molecular weight is 196 g/mol. The van der Waals surface area contributed by atoms with Crippen LogP contribution in [0.15, 0.2) is 17.5 Å². The molecule has 72 valence electrons. The summed E-state index contributed by atoms with van der Waals surface area (Å²) in [7, 11) is 0. The summed E-state index contributed by atoms with van der Waals surface area (Å²) in [4.78, 5) is 1.44. The second-order valence-corrected chi connectivity index (χ2v) is 4.57. The molecule has 0 radical (unpaired) electrons. The lowest BCUT2D eigenvalue weighted by atomic mass is 10.2. The van der Waals surface area contributed by atoms with Crippen LogP contribution in [0.3, 0.4) is 0 Å². The summed E-state index contributed by atoms with van der Waals surface area (Å²) in [5.41, 5.74) is 0. The predicted molar refractivity (Wildman–Crippen MR) is 57.1 cm³/mol. The first-order chi connectivity index (χ1) is 6.36. The summed E-state index contributed by atoms with van der Waals surface area (Å²) in [5.74, 6) is 0. The Morgan fingerprint density at radius 3 is 3.23 bits per heavy atom. The van der Waals surface area contributed by atoms with Crippen molar-refractivity contribution in [3.05, 3.63) is 22.4 Å². The Balaban J connectivity index is 1.87. The van der Waals surface area contributed by atoms with E-state index in [0.29, 0.717) is 12.1 Å². The van der Waals surface area contributed by atoms with E-state index in [0.717, 1.165) is 13.1 Å². The number of hydrogen-bond donors (Lipinski definition) is 2. The molecule has 1 aliphatic rings. The quantitative estimate of drug-likeness (QED) is 0.770. The smallest absolute Gasteiger partial charge is 0.0388 e. The van der Waals surface area contributed by atoms with Crippen LogP contribution >= 0.6 is 11.3 Å². The maximum absolute atomic E-state index is 3.63. The van der Waals surface area contributed by atoms with Crippen LogP contribution in [0.1, 0.15) is 24.3 Å². The van der Waals surface area contributed by atoms with Crippen molar-refractivity contribution in [2.24, 2.45) is 0 Å². The van der Waals surface area contributed by atoms with Crippen molar-refractivity contribution < 1.29 is 0 Å². The molecule has 2 N–H and O–H groups in total. The van der Waals surface area contributed by atoms with E-state index >= 15 is 0 Å². The van der Waals surface area contributed by atoms with E-state index in [1.54, 1.807) is 0 Å². The average Bonchev–Trinajstić information content (AvgIpc) is 2.74. The SMILES string of the molecule is C[C@H](NC1CCNC1)c1cccs1. The molecule has 3 heteroatoms. The molecular formula is C10H16N2S. The molecule has 2 heterocycles. The summed E-state index contributed by atoms with van der Waals surface area (Å²) in [6, 6.07) is 5.48. The van der Waals surface area contributed by atoms with E-state index in [2.05, 4.69) is 35.1 Å². The van der Waals surface area contributed by atoms with Crippen LogP contribution in [0.4, 0.5) is 0 Å². The fourth-order valence-corrected chi connectivity index (χ4v) is 2.51. The Morgan fingerprint density at radius 2 is 2.62 bits per heavy atom. The van der Waals surface area contributed by atoms with Crippen molar-refractivity contribution in [2.75, 3.05) is 13.1 Å². The van der Waals surface area contributed by atoms with E-state index in [-0.39, 0.29) is 0 Å². The molecule has 0 spiro atoms. The second-order valence-electron chi connectivity index (χ2n) is 3.59. The zero-order valence-corrected chi connectivity index (χ0v) is 8.73. The first kappa shape index (κ1) is 9.19. The molecule has 2 rings (SSSR count). The maximum atomic E-state index is 3.63. The lowest BCUT2D eigenvalue weighted by Crippen LogP contribution is -2.32. The maximum Gasteiger partial charge on any atom is 0.0388 e. The van der Waals surface area contributed by atoms with E-state index < -0.39 is 0 Å². The molecular weight excluding hydrogens is 180 g/mol. The summed E-state index contributed by atoms with van der Waals surface area (Å²) in [6.07, 6.45) is 1.26. The second kappa shape index (κ2) is 4.22. The van der Waals surface area contributed by atoms with Crippen LogP contribution in [-0.2, 0) is 0 Å². The van der Waals surface area contributed by atoms with Crippen LogP contribution in [0.25, 0.3) is 0 Å². The molecule has 1 aliphatic heterocycles. The number of hydrogen-bond acceptors (Lipinski definition) is 3.